The van der Waals surface area contributed by atoms with E-state index in [0.29, 0.717) is 51.0 Å². The maximum Gasteiger partial charge on any atom is 0.253 e. The molecule has 1 fully saturated rings. The van der Waals surface area contributed by atoms with Crippen molar-refractivity contribution < 1.29 is 22.6 Å². The first-order valence-electron chi connectivity index (χ1n) is 6.40. The topological polar surface area (TPSA) is 77.1 Å². The number of hydrogen-bond donors (Lipinski definition) is 1. The standard InChI is InChI=1S/C12H16N2O5S/c15-20(16,13-14-3-5-17-6-4-14)10-1-2-11-12(9-10)19-8-7-18-11/h1-2,9,13H,3-8H2. The zero-order valence-electron chi connectivity index (χ0n) is 10.9. The molecule has 110 valence electrons. The summed E-state index contributed by atoms with van der Waals surface area (Å²) in [5.74, 6) is 1.03. The van der Waals surface area contributed by atoms with E-state index < -0.39 is 10.0 Å². The highest BCUT2D eigenvalue weighted by Crippen LogP contribution is 2.32. The molecule has 1 aromatic rings. The van der Waals surface area contributed by atoms with Gasteiger partial charge in [0.05, 0.1) is 18.1 Å². The second-order valence-corrected chi connectivity index (χ2v) is 6.16. The molecule has 7 nitrogen and oxygen atoms in total. The lowest BCUT2D eigenvalue weighted by atomic mass is 10.3. The van der Waals surface area contributed by atoms with Crippen LogP contribution in [0.5, 0.6) is 11.5 Å². The van der Waals surface area contributed by atoms with Crippen LogP contribution in [0.1, 0.15) is 0 Å². The molecule has 0 spiro atoms. The zero-order chi connectivity index (χ0) is 14.0. The lowest BCUT2D eigenvalue weighted by Crippen LogP contribution is -2.48. The quantitative estimate of drug-likeness (QED) is 0.845. The Balaban J connectivity index is 1.79. The molecule has 1 saturated heterocycles. The van der Waals surface area contributed by atoms with Gasteiger partial charge in [0, 0.05) is 19.2 Å². The highest BCUT2D eigenvalue weighted by molar-refractivity contribution is 7.89. The molecule has 0 aromatic heterocycles. The number of rotatable bonds is 3. The number of ether oxygens (including phenoxy) is 3. The molecule has 1 N–H and O–H groups in total. The number of nitrogens with zero attached hydrogens (tertiary/aromatic N) is 1. The van der Waals surface area contributed by atoms with Crippen LogP contribution in [-0.4, -0.2) is 52.9 Å². The Morgan fingerprint density at radius 2 is 1.70 bits per heavy atom. The van der Waals surface area contributed by atoms with Crippen molar-refractivity contribution in [1.29, 1.82) is 0 Å². The van der Waals surface area contributed by atoms with Gasteiger partial charge in [-0.1, -0.05) is 0 Å². The van der Waals surface area contributed by atoms with Crippen LogP contribution in [0.2, 0.25) is 0 Å². The van der Waals surface area contributed by atoms with E-state index in [1.54, 1.807) is 11.1 Å². The van der Waals surface area contributed by atoms with Crippen molar-refractivity contribution in [1.82, 2.24) is 9.84 Å². The number of morpholine rings is 1. The fraction of sp³-hybridized carbons (Fsp3) is 0.500. The van der Waals surface area contributed by atoms with Gasteiger partial charge in [-0.05, 0) is 12.1 Å². The van der Waals surface area contributed by atoms with E-state index >= 15 is 0 Å². The van der Waals surface area contributed by atoms with Gasteiger partial charge < -0.3 is 14.2 Å². The van der Waals surface area contributed by atoms with Gasteiger partial charge in [-0.2, -0.15) is 0 Å². The van der Waals surface area contributed by atoms with E-state index in [1.165, 1.54) is 12.1 Å². The maximum absolute atomic E-state index is 12.3. The van der Waals surface area contributed by atoms with Gasteiger partial charge in [0.1, 0.15) is 13.2 Å². The molecule has 0 bridgehead atoms. The molecule has 20 heavy (non-hydrogen) atoms. The predicted molar refractivity (Wildman–Crippen MR) is 70.1 cm³/mol. The van der Waals surface area contributed by atoms with Gasteiger partial charge in [0.2, 0.25) is 0 Å². The molecule has 3 rings (SSSR count). The number of nitrogens with one attached hydrogen (secondary N) is 1. The van der Waals surface area contributed by atoms with Crippen molar-refractivity contribution in [2.75, 3.05) is 39.5 Å². The number of benzene rings is 1. The van der Waals surface area contributed by atoms with E-state index in [1.807, 2.05) is 0 Å². The normalized spacial score (nSPS) is 19.8. The van der Waals surface area contributed by atoms with Gasteiger partial charge in [-0.25, -0.2) is 13.4 Å². The minimum Gasteiger partial charge on any atom is -0.486 e. The summed E-state index contributed by atoms with van der Waals surface area (Å²) in [5.41, 5.74) is 0. The molecule has 0 saturated carbocycles. The maximum atomic E-state index is 12.3. The summed E-state index contributed by atoms with van der Waals surface area (Å²) in [6.07, 6.45) is 0. The molecular weight excluding hydrogens is 284 g/mol. The van der Waals surface area contributed by atoms with Crippen LogP contribution in [0.3, 0.4) is 0 Å². The third-order valence-electron chi connectivity index (χ3n) is 3.08. The Morgan fingerprint density at radius 1 is 1.00 bits per heavy atom. The van der Waals surface area contributed by atoms with E-state index in [2.05, 4.69) is 4.83 Å². The first-order chi connectivity index (χ1) is 9.65. The molecule has 0 atom stereocenters. The molecule has 0 unspecified atom stereocenters. The largest absolute Gasteiger partial charge is 0.486 e. The molecule has 8 heteroatoms. The smallest absolute Gasteiger partial charge is 0.253 e. The second-order valence-electron chi connectivity index (χ2n) is 4.50. The number of hydrogen-bond acceptors (Lipinski definition) is 6. The van der Waals surface area contributed by atoms with Crippen LogP contribution < -0.4 is 14.3 Å². The first kappa shape index (κ1) is 13.6. The first-order valence-corrected chi connectivity index (χ1v) is 7.88. The summed E-state index contributed by atoms with van der Waals surface area (Å²) in [5, 5.41) is 1.63. The molecule has 0 aliphatic carbocycles. The van der Waals surface area contributed by atoms with Crippen molar-refractivity contribution in [3.63, 3.8) is 0 Å². The van der Waals surface area contributed by atoms with Crippen LogP contribution in [0, 0.1) is 0 Å². The van der Waals surface area contributed by atoms with E-state index in [9.17, 15) is 8.42 Å². The second kappa shape index (κ2) is 5.57. The molecule has 0 amide bonds. The minimum absolute atomic E-state index is 0.160. The van der Waals surface area contributed by atoms with Crippen LogP contribution >= 0.6 is 0 Å². The van der Waals surface area contributed by atoms with Crippen LogP contribution in [0.4, 0.5) is 0 Å². The highest BCUT2D eigenvalue weighted by Gasteiger charge is 2.22. The van der Waals surface area contributed by atoms with Gasteiger partial charge in [0.15, 0.2) is 11.5 Å². The van der Waals surface area contributed by atoms with E-state index in [-0.39, 0.29) is 4.90 Å². The number of fused-ring (bicyclic) bond motifs is 1. The lowest BCUT2D eigenvalue weighted by Gasteiger charge is -2.27. The van der Waals surface area contributed by atoms with Crippen molar-refractivity contribution >= 4 is 10.0 Å². The number of hydrazine groups is 1. The average Bonchev–Trinajstić information content (AvgIpc) is 2.47. The Morgan fingerprint density at radius 3 is 2.45 bits per heavy atom. The predicted octanol–water partition coefficient (Wildman–Crippen LogP) is -0.0167. The van der Waals surface area contributed by atoms with Crippen LogP contribution in [0.15, 0.2) is 23.1 Å². The number of sulfonamides is 1. The third kappa shape index (κ3) is 2.88. The van der Waals surface area contributed by atoms with E-state index in [0.717, 1.165) is 0 Å². The Bertz CT molecular complexity index is 584. The van der Waals surface area contributed by atoms with Gasteiger partial charge in [-0.15, -0.1) is 4.83 Å². The summed E-state index contributed by atoms with van der Waals surface area (Å²) in [7, 11) is -3.61. The Labute approximate surface area is 117 Å². The Hall–Kier alpha value is -1.35. The summed E-state index contributed by atoms with van der Waals surface area (Å²) in [4.78, 5) is 2.71. The summed E-state index contributed by atoms with van der Waals surface area (Å²) in [6, 6.07) is 4.61. The fourth-order valence-electron chi connectivity index (χ4n) is 2.07. The summed E-state index contributed by atoms with van der Waals surface area (Å²) < 4.78 is 40.5. The third-order valence-corrected chi connectivity index (χ3v) is 4.46. The summed E-state index contributed by atoms with van der Waals surface area (Å²) in [6.45, 7) is 3.00. The highest BCUT2D eigenvalue weighted by atomic mass is 32.2. The van der Waals surface area contributed by atoms with Gasteiger partial charge in [0.25, 0.3) is 10.0 Å². The molecule has 2 aliphatic heterocycles. The van der Waals surface area contributed by atoms with Crippen LogP contribution in [-0.2, 0) is 14.8 Å². The molecule has 0 radical (unpaired) electrons. The van der Waals surface area contributed by atoms with Crippen molar-refractivity contribution in [2.24, 2.45) is 0 Å². The van der Waals surface area contributed by atoms with Crippen molar-refractivity contribution in [2.45, 2.75) is 4.90 Å². The van der Waals surface area contributed by atoms with Crippen LogP contribution in [0.25, 0.3) is 0 Å². The molecule has 2 aliphatic rings. The zero-order valence-corrected chi connectivity index (χ0v) is 11.7. The average molecular weight is 300 g/mol. The Kier molecular flexibility index (Phi) is 3.79. The monoisotopic (exact) mass is 300 g/mol. The van der Waals surface area contributed by atoms with Gasteiger partial charge >= 0.3 is 0 Å². The van der Waals surface area contributed by atoms with Gasteiger partial charge in [-0.3, -0.25) is 0 Å². The molecule has 2 heterocycles. The van der Waals surface area contributed by atoms with E-state index in [4.69, 9.17) is 14.2 Å². The molecular formula is C12H16N2O5S. The fourth-order valence-corrected chi connectivity index (χ4v) is 3.21. The summed E-state index contributed by atoms with van der Waals surface area (Å²) >= 11 is 0. The lowest BCUT2D eigenvalue weighted by molar-refractivity contribution is 0.0272. The minimum atomic E-state index is -3.61. The molecule has 1 aromatic carbocycles. The van der Waals surface area contributed by atoms with Crippen molar-refractivity contribution in [3.8, 4) is 11.5 Å². The SMILES string of the molecule is O=S(=O)(NN1CCOCC1)c1ccc2c(c1)OCCO2. The van der Waals surface area contributed by atoms with Crippen molar-refractivity contribution in [3.05, 3.63) is 18.2 Å².